The molecular weight excluding hydrogens is 415 g/mol. The van der Waals surface area contributed by atoms with Crippen molar-refractivity contribution in [3.05, 3.63) is 63.2 Å². The molecule has 162 valence electrons. The van der Waals surface area contributed by atoms with E-state index in [1.54, 1.807) is 6.07 Å². The van der Waals surface area contributed by atoms with Crippen molar-refractivity contribution in [2.75, 3.05) is 33.4 Å². The van der Waals surface area contributed by atoms with E-state index in [4.69, 9.17) is 9.47 Å². The molecule has 0 amide bonds. The van der Waals surface area contributed by atoms with E-state index in [0.29, 0.717) is 11.5 Å². The van der Waals surface area contributed by atoms with Crippen molar-refractivity contribution >= 4 is 33.8 Å². The predicted octanol–water partition coefficient (Wildman–Crippen LogP) is 4.95. The highest BCUT2D eigenvalue weighted by Crippen LogP contribution is 2.36. The Balaban J connectivity index is 1.23. The largest absolute Gasteiger partial charge is 0.465 e. The van der Waals surface area contributed by atoms with Crippen LogP contribution >= 0.6 is 11.3 Å². The number of benzene rings is 1. The maximum absolute atomic E-state index is 13.5. The van der Waals surface area contributed by atoms with E-state index in [1.165, 1.54) is 40.5 Å². The van der Waals surface area contributed by atoms with E-state index in [1.807, 2.05) is 18.3 Å². The molecule has 1 N–H and O–H groups in total. The van der Waals surface area contributed by atoms with Gasteiger partial charge in [-0.1, -0.05) is 6.08 Å². The van der Waals surface area contributed by atoms with Crippen LogP contribution in [-0.4, -0.2) is 49.2 Å². The number of hydrogen-bond donors (Lipinski definition) is 1. The zero-order chi connectivity index (χ0) is 21.4. The van der Waals surface area contributed by atoms with Crippen LogP contribution in [0.25, 0.3) is 16.5 Å². The summed E-state index contributed by atoms with van der Waals surface area (Å²) >= 11 is 1.53. The number of rotatable bonds is 5. The summed E-state index contributed by atoms with van der Waals surface area (Å²) in [5.41, 5.74) is 4.47. The van der Waals surface area contributed by atoms with E-state index in [-0.39, 0.29) is 17.9 Å². The highest BCUT2D eigenvalue weighted by molar-refractivity contribution is 7.14. The van der Waals surface area contributed by atoms with Gasteiger partial charge < -0.3 is 14.5 Å². The number of halogens is 1. The van der Waals surface area contributed by atoms with Crippen LogP contribution in [0.4, 0.5) is 4.39 Å². The number of nitrogens with zero attached hydrogens (tertiary/aromatic N) is 1. The molecule has 0 saturated carbocycles. The van der Waals surface area contributed by atoms with Gasteiger partial charge in [-0.3, -0.25) is 4.90 Å². The van der Waals surface area contributed by atoms with Crippen LogP contribution in [0.2, 0.25) is 0 Å². The Morgan fingerprint density at radius 2 is 2.26 bits per heavy atom. The monoisotopic (exact) mass is 440 g/mol. The Hall–Kier alpha value is -2.48. The second-order valence-corrected chi connectivity index (χ2v) is 9.19. The van der Waals surface area contributed by atoms with Gasteiger partial charge >= 0.3 is 5.97 Å². The van der Waals surface area contributed by atoms with Crippen molar-refractivity contribution in [1.29, 1.82) is 0 Å². The third kappa shape index (κ3) is 4.05. The molecule has 1 atom stereocenters. The van der Waals surface area contributed by atoms with Crippen LogP contribution in [0, 0.1) is 5.82 Å². The first-order valence-electron chi connectivity index (χ1n) is 10.6. The first kappa shape index (κ1) is 20.4. The van der Waals surface area contributed by atoms with Crippen molar-refractivity contribution in [3.8, 4) is 0 Å². The summed E-state index contributed by atoms with van der Waals surface area (Å²) in [6.07, 6.45) is 7.03. The number of fused-ring (bicyclic) bond motifs is 2. The Morgan fingerprint density at radius 1 is 1.35 bits per heavy atom. The van der Waals surface area contributed by atoms with E-state index >= 15 is 0 Å². The Morgan fingerprint density at radius 3 is 3.06 bits per heavy atom. The number of H-pyrrole nitrogens is 1. The van der Waals surface area contributed by atoms with Gasteiger partial charge in [-0.05, 0) is 48.2 Å². The van der Waals surface area contributed by atoms with Gasteiger partial charge in [0.25, 0.3) is 0 Å². The molecule has 1 aromatic carbocycles. The molecule has 5 rings (SSSR count). The smallest absolute Gasteiger partial charge is 0.348 e. The third-order valence-electron chi connectivity index (χ3n) is 6.21. The number of carbonyl (C=O) groups excluding carboxylic acids is 1. The molecule has 2 aromatic heterocycles. The molecule has 0 aliphatic carbocycles. The Labute approximate surface area is 184 Å². The summed E-state index contributed by atoms with van der Waals surface area (Å²) in [7, 11) is 1.42. The number of aromatic amines is 1. The Kier molecular flexibility index (Phi) is 5.65. The van der Waals surface area contributed by atoms with Crippen molar-refractivity contribution < 1.29 is 18.7 Å². The van der Waals surface area contributed by atoms with Gasteiger partial charge in [0.15, 0.2) is 0 Å². The minimum absolute atomic E-state index is 0.0345. The minimum atomic E-state index is -0.271. The summed E-state index contributed by atoms with van der Waals surface area (Å²) in [5.74, 6) is -0.492. The molecule has 31 heavy (non-hydrogen) atoms. The summed E-state index contributed by atoms with van der Waals surface area (Å²) in [6, 6.07) is 6.86. The fraction of sp³-hybridized carbons (Fsp3) is 0.375. The summed E-state index contributed by atoms with van der Waals surface area (Å²) in [5, 5.41) is 1.07. The normalized spacial score (nSPS) is 19.3. The van der Waals surface area contributed by atoms with Gasteiger partial charge in [0.2, 0.25) is 0 Å². The van der Waals surface area contributed by atoms with Gasteiger partial charge in [-0.15, -0.1) is 11.3 Å². The van der Waals surface area contributed by atoms with Gasteiger partial charge in [0, 0.05) is 53.6 Å². The molecule has 7 heteroatoms. The van der Waals surface area contributed by atoms with Gasteiger partial charge in [0.1, 0.15) is 10.7 Å². The molecule has 0 fully saturated rings. The summed E-state index contributed by atoms with van der Waals surface area (Å²) in [4.78, 5) is 19.4. The molecule has 0 spiro atoms. The lowest BCUT2D eigenvalue weighted by molar-refractivity contribution is 0.0311. The van der Waals surface area contributed by atoms with Crippen LogP contribution in [-0.2, 0) is 15.9 Å². The Bertz CT molecular complexity index is 1150. The quantitative estimate of drug-likeness (QED) is 0.571. The lowest BCUT2D eigenvalue weighted by Gasteiger charge is -2.29. The molecule has 0 saturated heterocycles. The van der Waals surface area contributed by atoms with E-state index in [0.717, 1.165) is 55.4 Å². The molecule has 3 aromatic rings. The maximum Gasteiger partial charge on any atom is 0.348 e. The average Bonchev–Trinajstić information content (AvgIpc) is 3.41. The van der Waals surface area contributed by atoms with Crippen molar-refractivity contribution in [2.45, 2.75) is 25.4 Å². The number of carbonyl (C=O) groups is 1. The van der Waals surface area contributed by atoms with Crippen LogP contribution < -0.4 is 0 Å². The lowest BCUT2D eigenvalue weighted by Crippen LogP contribution is -2.31. The highest BCUT2D eigenvalue weighted by Gasteiger charge is 2.26. The standard InChI is InChI=1S/C24H25FN2O3S/c1-29-24(28)23-13-18-21(30-11-7-22(18)31-23)6-10-27-8-4-15(5-9-27)19-14-26-20-12-16(25)2-3-17(19)20/h2-4,12-14,21,26H,5-11H2,1H3. The second kappa shape index (κ2) is 8.57. The van der Waals surface area contributed by atoms with Gasteiger partial charge in [-0.25, -0.2) is 9.18 Å². The average molecular weight is 441 g/mol. The van der Waals surface area contributed by atoms with Crippen LogP contribution in [0.5, 0.6) is 0 Å². The number of esters is 1. The zero-order valence-corrected chi connectivity index (χ0v) is 18.3. The highest BCUT2D eigenvalue weighted by atomic mass is 32.1. The van der Waals surface area contributed by atoms with Crippen LogP contribution in [0.1, 0.15) is 44.6 Å². The number of nitrogens with one attached hydrogen (secondary N) is 1. The predicted molar refractivity (Wildman–Crippen MR) is 120 cm³/mol. The molecule has 0 bridgehead atoms. The van der Waals surface area contributed by atoms with Gasteiger partial charge in [0.05, 0.1) is 19.8 Å². The van der Waals surface area contributed by atoms with Crippen LogP contribution in [0.15, 0.2) is 36.5 Å². The molecule has 0 radical (unpaired) electrons. The zero-order valence-electron chi connectivity index (χ0n) is 17.4. The number of methoxy groups -OCH3 is 1. The van der Waals surface area contributed by atoms with Gasteiger partial charge in [-0.2, -0.15) is 0 Å². The first-order valence-corrected chi connectivity index (χ1v) is 11.4. The van der Waals surface area contributed by atoms with Crippen molar-refractivity contribution in [3.63, 3.8) is 0 Å². The lowest BCUT2D eigenvalue weighted by atomic mass is 9.98. The summed E-state index contributed by atoms with van der Waals surface area (Å²) < 4.78 is 24.4. The molecule has 1 unspecified atom stereocenters. The fourth-order valence-corrected chi connectivity index (χ4v) is 5.67. The van der Waals surface area contributed by atoms with Crippen molar-refractivity contribution in [1.82, 2.24) is 9.88 Å². The molecular formula is C24H25FN2O3S. The molecule has 4 heterocycles. The first-order chi connectivity index (χ1) is 15.1. The molecule has 2 aliphatic heterocycles. The maximum atomic E-state index is 13.5. The summed E-state index contributed by atoms with van der Waals surface area (Å²) in [6.45, 7) is 3.51. The SMILES string of the molecule is COC(=O)c1cc2c(s1)CCOC2CCN1CC=C(c2c[nH]c3cc(F)ccc23)CC1. The minimum Gasteiger partial charge on any atom is -0.465 e. The topological polar surface area (TPSA) is 54.6 Å². The van der Waals surface area contributed by atoms with Crippen molar-refractivity contribution in [2.24, 2.45) is 0 Å². The number of aromatic nitrogens is 1. The third-order valence-corrected chi connectivity index (χ3v) is 7.40. The second-order valence-electron chi connectivity index (χ2n) is 8.05. The van der Waals surface area contributed by atoms with E-state index < -0.39 is 0 Å². The van der Waals surface area contributed by atoms with Crippen LogP contribution in [0.3, 0.4) is 0 Å². The number of ether oxygens (including phenoxy) is 2. The number of hydrogen-bond acceptors (Lipinski definition) is 5. The van der Waals surface area contributed by atoms with E-state index in [9.17, 15) is 9.18 Å². The molecule has 2 aliphatic rings. The number of thiophene rings is 1. The molecule has 5 nitrogen and oxygen atoms in total. The fourth-order valence-electron chi connectivity index (χ4n) is 4.56. The van der Waals surface area contributed by atoms with E-state index in [2.05, 4.69) is 16.0 Å².